The predicted octanol–water partition coefficient (Wildman–Crippen LogP) is 5.11. The number of hydrogen-bond donors (Lipinski definition) is 0. The zero-order chi connectivity index (χ0) is 22.7. The minimum Gasteiger partial charge on any atom is -0.496 e. The van der Waals surface area contributed by atoms with Gasteiger partial charge in [0, 0.05) is 22.0 Å². The van der Waals surface area contributed by atoms with Gasteiger partial charge in [-0.25, -0.2) is 4.98 Å². The van der Waals surface area contributed by atoms with Gasteiger partial charge in [0.2, 0.25) is 0 Å². The number of aromatic nitrogens is 2. The lowest BCUT2D eigenvalue weighted by Crippen LogP contribution is -2.25. The Balaban J connectivity index is 1.87. The molecule has 0 saturated heterocycles. The van der Waals surface area contributed by atoms with Crippen molar-refractivity contribution in [1.29, 1.82) is 0 Å². The molecule has 3 aromatic rings. The molecule has 0 unspecified atom stereocenters. The molecule has 0 atom stereocenters. The van der Waals surface area contributed by atoms with E-state index >= 15 is 0 Å². The van der Waals surface area contributed by atoms with E-state index in [0.717, 1.165) is 30.2 Å². The van der Waals surface area contributed by atoms with Crippen LogP contribution in [0.4, 0.5) is 0 Å². The molecule has 1 aliphatic rings. The van der Waals surface area contributed by atoms with Crippen molar-refractivity contribution in [2.75, 3.05) is 21.3 Å². The Bertz CT molecular complexity index is 1220. The molecule has 0 spiro atoms. The number of nitrogens with zero attached hydrogens (tertiary/aromatic N) is 3. The van der Waals surface area contributed by atoms with E-state index in [1.54, 1.807) is 45.7 Å². The molecular formula is C24H26BrN3O4. The van der Waals surface area contributed by atoms with Crippen LogP contribution in [-0.4, -0.2) is 37.2 Å². The fraction of sp³-hybridized carbons (Fsp3) is 0.375. The van der Waals surface area contributed by atoms with Crippen molar-refractivity contribution in [2.24, 2.45) is 5.10 Å². The lowest BCUT2D eigenvalue weighted by atomic mass is 9.88. The molecule has 7 nitrogen and oxygen atoms in total. The van der Waals surface area contributed by atoms with Crippen LogP contribution in [-0.2, 0) is 0 Å². The highest BCUT2D eigenvalue weighted by molar-refractivity contribution is 9.10. The van der Waals surface area contributed by atoms with Gasteiger partial charge in [0.1, 0.15) is 11.6 Å². The highest BCUT2D eigenvalue weighted by Crippen LogP contribution is 2.34. The van der Waals surface area contributed by atoms with Gasteiger partial charge in [0.05, 0.1) is 38.4 Å². The molecule has 0 aliphatic heterocycles. The molecule has 0 amide bonds. The summed E-state index contributed by atoms with van der Waals surface area (Å²) in [5, 5.41) is 5.12. The average molecular weight is 500 g/mol. The largest absolute Gasteiger partial charge is 0.496 e. The van der Waals surface area contributed by atoms with Crippen LogP contribution in [0.1, 0.15) is 49.4 Å². The highest BCUT2D eigenvalue weighted by Gasteiger charge is 2.22. The van der Waals surface area contributed by atoms with Crippen LogP contribution >= 0.6 is 15.9 Å². The summed E-state index contributed by atoms with van der Waals surface area (Å²) < 4.78 is 18.5. The maximum absolute atomic E-state index is 13.5. The van der Waals surface area contributed by atoms with E-state index in [-0.39, 0.29) is 11.5 Å². The van der Waals surface area contributed by atoms with Crippen LogP contribution in [0.15, 0.2) is 44.7 Å². The second kappa shape index (κ2) is 9.73. The number of rotatable bonds is 6. The molecule has 32 heavy (non-hydrogen) atoms. The van der Waals surface area contributed by atoms with Crippen molar-refractivity contribution in [3.05, 3.63) is 56.5 Å². The van der Waals surface area contributed by atoms with Gasteiger partial charge in [0.25, 0.3) is 5.56 Å². The van der Waals surface area contributed by atoms with Gasteiger partial charge < -0.3 is 14.2 Å². The molecule has 2 aromatic carbocycles. The van der Waals surface area contributed by atoms with Gasteiger partial charge in [-0.1, -0.05) is 35.2 Å². The Morgan fingerprint density at radius 2 is 1.69 bits per heavy atom. The van der Waals surface area contributed by atoms with Gasteiger partial charge >= 0.3 is 0 Å². The first kappa shape index (κ1) is 22.3. The average Bonchev–Trinajstić information content (AvgIpc) is 2.83. The van der Waals surface area contributed by atoms with Crippen molar-refractivity contribution < 1.29 is 14.2 Å². The number of fused-ring (bicyclic) bond motifs is 1. The first-order valence-electron chi connectivity index (χ1n) is 10.6. The Hall–Kier alpha value is -2.87. The molecule has 1 aromatic heterocycles. The molecular weight excluding hydrogens is 474 g/mol. The number of methoxy groups -OCH3 is 3. The maximum Gasteiger partial charge on any atom is 0.282 e. The van der Waals surface area contributed by atoms with E-state index in [4.69, 9.17) is 19.2 Å². The van der Waals surface area contributed by atoms with Crippen molar-refractivity contribution in [3.63, 3.8) is 0 Å². The molecule has 4 rings (SSSR count). The van der Waals surface area contributed by atoms with Crippen molar-refractivity contribution in [3.8, 4) is 17.2 Å². The van der Waals surface area contributed by atoms with Crippen molar-refractivity contribution in [1.82, 2.24) is 9.66 Å². The van der Waals surface area contributed by atoms with E-state index in [2.05, 4.69) is 21.0 Å². The quantitative estimate of drug-likeness (QED) is 0.440. The minimum absolute atomic E-state index is 0.187. The van der Waals surface area contributed by atoms with Crippen LogP contribution in [0.2, 0.25) is 0 Å². The maximum atomic E-state index is 13.5. The van der Waals surface area contributed by atoms with E-state index < -0.39 is 0 Å². The Labute approximate surface area is 195 Å². The molecule has 0 bridgehead atoms. The van der Waals surface area contributed by atoms with Crippen molar-refractivity contribution >= 4 is 33.0 Å². The summed E-state index contributed by atoms with van der Waals surface area (Å²) in [5.74, 6) is 2.58. The smallest absolute Gasteiger partial charge is 0.282 e. The Kier molecular flexibility index (Phi) is 6.79. The lowest BCUT2D eigenvalue weighted by Gasteiger charge is -2.22. The van der Waals surface area contributed by atoms with Gasteiger partial charge in [-0.15, -0.1) is 0 Å². The van der Waals surface area contributed by atoms with E-state index in [1.807, 2.05) is 12.1 Å². The Morgan fingerprint density at radius 3 is 2.38 bits per heavy atom. The third kappa shape index (κ3) is 4.37. The summed E-state index contributed by atoms with van der Waals surface area (Å²) in [7, 11) is 4.72. The highest BCUT2D eigenvalue weighted by atomic mass is 79.9. The zero-order valence-electron chi connectivity index (χ0n) is 18.4. The first-order valence-corrected chi connectivity index (χ1v) is 11.4. The molecule has 1 fully saturated rings. The molecule has 1 saturated carbocycles. The normalized spacial score (nSPS) is 14.8. The summed E-state index contributed by atoms with van der Waals surface area (Å²) in [6, 6.07) is 9.08. The fourth-order valence-corrected chi connectivity index (χ4v) is 4.54. The van der Waals surface area contributed by atoms with Gasteiger partial charge in [-0.3, -0.25) is 4.79 Å². The molecule has 0 N–H and O–H groups in total. The SMILES string of the molecule is COc1cc(OC)c(OC)cc1C=Nn1c(C2CCCCC2)nc2ccc(Br)cc2c1=O. The molecule has 1 aliphatic carbocycles. The minimum atomic E-state index is -0.187. The van der Waals surface area contributed by atoms with Crippen LogP contribution < -0.4 is 19.8 Å². The zero-order valence-corrected chi connectivity index (χ0v) is 20.0. The first-order chi connectivity index (χ1) is 15.5. The second-order valence-corrected chi connectivity index (χ2v) is 8.69. The van der Waals surface area contributed by atoms with Crippen molar-refractivity contribution in [2.45, 2.75) is 38.0 Å². The Morgan fingerprint density at radius 1 is 1.00 bits per heavy atom. The van der Waals surface area contributed by atoms with E-state index in [9.17, 15) is 4.79 Å². The van der Waals surface area contributed by atoms with Gasteiger partial charge in [-0.2, -0.15) is 9.78 Å². The summed E-state index contributed by atoms with van der Waals surface area (Å²) in [6.45, 7) is 0. The van der Waals surface area contributed by atoms with Gasteiger partial charge in [0.15, 0.2) is 11.5 Å². The monoisotopic (exact) mass is 499 g/mol. The summed E-state index contributed by atoms with van der Waals surface area (Å²) in [6.07, 6.45) is 7.10. The van der Waals surface area contributed by atoms with E-state index in [0.29, 0.717) is 39.5 Å². The number of halogens is 1. The predicted molar refractivity (Wildman–Crippen MR) is 129 cm³/mol. The summed E-state index contributed by atoms with van der Waals surface area (Å²) in [4.78, 5) is 18.3. The van der Waals surface area contributed by atoms with Crippen LogP contribution in [0.5, 0.6) is 17.2 Å². The topological polar surface area (TPSA) is 74.9 Å². The number of ether oxygens (including phenoxy) is 3. The third-order valence-corrected chi connectivity index (χ3v) is 6.35. The molecule has 1 heterocycles. The van der Waals surface area contributed by atoms with Crippen LogP contribution in [0.3, 0.4) is 0 Å². The van der Waals surface area contributed by atoms with E-state index in [1.165, 1.54) is 11.1 Å². The molecule has 8 heteroatoms. The van der Waals surface area contributed by atoms with Crippen LogP contribution in [0, 0.1) is 0 Å². The van der Waals surface area contributed by atoms with Gasteiger partial charge in [-0.05, 0) is 37.1 Å². The fourth-order valence-electron chi connectivity index (χ4n) is 4.18. The van der Waals surface area contributed by atoms with Crippen LogP contribution in [0.25, 0.3) is 10.9 Å². The number of benzene rings is 2. The number of hydrogen-bond acceptors (Lipinski definition) is 6. The second-order valence-electron chi connectivity index (χ2n) is 7.78. The molecule has 168 valence electrons. The third-order valence-electron chi connectivity index (χ3n) is 5.85. The standard InChI is InChI=1S/C24H26BrN3O4/c1-30-20-13-22(32-3)21(31-2)11-16(20)14-26-28-23(15-7-5-4-6-8-15)27-19-10-9-17(25)12-18(19)24(28)29/h9-15H,4-8H2,1-3H3. The molecule has 0 radical (unpaired) electrons. The summed E-state index contributed by atoms with van der Waals surface area (Å²) >= 11 is 3.45. The summed E-state index contributed by atoms with van der Waals surface area (Å²) in [5.41, 5.74) is 1.17. The lowest BCUT2D eigenvalue weighted by molar-refractivity contribution is 0.349.